The second-order valence-corrected chi connectivity index (χ2v) is 5.95. The number of hydrogen-bond acceptors (Lipinski definition) is 4. The van der Waals surface area contributed by atoms with Crippen molar-refractivity contribution in [1.29, 1.82) is 0 Å². The fraction of sp³-hybridized carbons (Fsp3) is 0.444. The number of Topliss-reactive ketones (excluding diaryl/α,β-unsaturated/α-hetero) is 1. The molecule has 1 aromatic carbocycles. The summed E-state index contributed by atoms with van der Waals surface area (Å²) in [5.41, 5.74) is 6.61. The highest BCUT2D eigenvalue weighted by atomic mass is 16.5. The van der Waals surface area contributed by atoms with Crippen molar-refractivity contribution in [1.82, 2.24) is 4.90 Å². The average Bonchev–Trinajstić information content (AvgIpc) is 2.99. The van der Waals surface area contributed by atoms with Gasteiger partial charge >= 0.3 is 0 Å². The van der Waals surface area contributed by atoms with Crippen LogP contribution in [0.3, 0.4) is 0 Å². The van der Waals surface area contributed by atoms with Crippen LogP contribution in [-0.4, -0.2) is 42.9 Å². The van der Waals surface area contributed by atoms with E-state index in [9.17, 15) is 4.79 Å². The minimum Gasteiger partial charge on any atom is -0.384 e. The summed E-state index contributed by atoms with van der Waals surface area (Å²) in [5, 5.41) is 0. The zero-order valence-electron chi connectivity index (χ0n) is 13.8. The van der Waals surface area contributed by atoms with E-state index < -0.39 is 0 Å². The fourth-order valence-corrected chi connectivity index (χ4v) is 2.49. The number of rotatable bonds is 7. The first-order valence-corrected chi connectivity index (χ1v) is 7.96. The molecule has 0 amide bonds. The van der Waals surface area contributed by atoms with Gasteiger partial charge in [0, 0.05) is 32.3 Å². The maximum absolute atomic E-state index is 12.1. The monoisotopic (exact) mass is 315 g/mol. The van der Waals surface area contributed by atoms with Gasteiger partial charge in [-0.3, -0.25) is 4.79 Å². The fourth-order valence-electron chi connectivity index (χ4n) is 2.49. The van der Waals surface area contributed by atoms with Gasteiger partial charge in [-0.1, -0.05) is 30.3 Å². The Morgan fingerprint density at radius 3 is 2.78 bits per heavy atom. The molecule has 0 aromatic heterocycles. The van der Waals surface area contributed by atoms with Crippen molar-refractivity contribution in [2.24, 2.45) is 10.7 Å². The number of aliphatic imine (C=N–C) groups is 1. The van der Waals surface area contributed by atoms with Crippen molar-refractivity contribution >= 4 is 11.6 Å². The molecule has 0 spiro atoms. The van der Waals surface area contributed by atoms with Gasteiger partial charge in [0.2, 0.25) is 0 Å². The Morgan fingerprint density at radius 2 is 2.09 bits per heavy atom. The van der Waals surface area contributed by atoms with E-state index in [4.69, 9.17) is 10.5 Å². The minimum absolute atomic E-state index is 0.0852. The smallest absolute Gasteiger partial charge is 0.162 e. The summed E-state index contributed by atoms with van der Waals surface area (Å²) in [6.07, 6.45) is 6.50. The van der Waals surface area contributed by atoms with Gasteiger partial charge in [-0.15, -0.1) is 0 Å². The highest BCUT2D eigenvalue weighted by Crippen LogP contribution is 2.24. The number of ketones is 1. The molecule has 5 heteroatoms. The quantitative estimate of drug-likeness (QED) is 0.477. The van der Waals surface area contributed by atoms with Gasteiger partial charge in [-0.05, 0) is 25.3 Å². The summed E-state index contributed by atoms with van der Waals surface area (Å²) in [6.45, 7) is 0. The minimum atomic E-state index is -0.196. The number of nitrogens with zero attached hydrogens (tertiary/aromatic N) is 2. The van der Waals surface area contributed by atoms with Gasteiger partial charge in [0.15, 0.2) is 12.0 Å². The topological polar surface area (TPSA) is 67.9 Å². The van der Waals surface area contributed by atoms with E-state index in [-0.39, 0.29) is 18.1 Å². The molecule has 1 aromatic rings. The third kappa shape index (κ3) is 5.87. The molecule has 2 unspecified atom stereocenters. The van der Waals surface area contributed by atoms with Crippen LogP contribution in [0.25, 0.3) is 0 Å². The summed E-state index contributed by atoms with van der Waals surface area (Å²) < 4.78 is 5.86. The standard InChI is InChI=1S/C18H25N3O2/c1-21(2)13-12-17(19)20-18-11-9-15(23-18)8-10-16(22)14-6-4-3-5-7-14/h3-7,12-13,15,18H,8-11H2,1-2H3,(H2,19,20)/b13-12-. The number of nitrogens with two attached hydrogens (primary N) is 1. The van der Waals surface area contributed by atoms with E-state index in [1.54, 1.807) is 6.08 Å². The highest BCUT2D eigenvalue weighted by Gasteiger charge is 2.25. The number of amidine groups is 1. The maximum Gasteiger partial charge on any atom is 0.162 e. The molecule has 1 fully saturated rings. The van der Waals surface area contributed by atoms with E-state index >= 15 is 0 Å². The van der Waals surface area contributed by atoms with Crippen molar-refractivity contribution in [3.8, 4) is 0 Å². The maximum atomic E-state index is 12.1. The molecule has 1 aliphatic rings. The summed E-state index contributed by atoms with van der Waals surface area (Å²) >= 11 is 0. The Kier molecular flexibility index (Phi) is 6.35. The molecule has 2 atom stereocenters. The van der Waals surface area contributed by atoms with Crippen LogP contribution >= 0.6 is 0 Å². The Hall–Kier alpha value is -2.14. The Bertz CT molecular complexity index is 567. The first-order chi connectivity index (χ1) is 11.0. The SMILES string of the molecule is CN(C)/C=C\C(N)=N/C1CCC(CCC(=O)c2ccccc2)O1. The molecule has 0 radical (unpaired) electrons. The van der Waals surface area contributed by atoms with Crippen molar-refractivity contribution < 1.29 is 9.53 Å². The Morgan fingerprint density at radius 1 is 1.35 bits per heavy atom. The lowest BCUT2D eigenvalue weighted by Gasteiger charge is -2.11. The predicted octanol–water partition coefficient (Wildman–Crippen LogP) is 2.59. The van der Waals surface area contributed by atoms with Gasteiger partial charge in [0.25, 0.3) is 0 Å². The van der Waals surface area contributed by atoms with Crippen LogP contribution in [-0.2, 0) is 4.74 Å². The van der Waals surface area contributed by atoms with E-state index in [0.717, 1.165) is 24.8 Å². The molecule has 2 rings (SSSR count). The normalized spacial score (nSPS) is 21.7. The summed E-state index contributed by atoms with van der Waals surface area (Å²) in [4.78, 5) is 18.3. The molecule has 1 saturated heterocycles. The summed E-state index contributed by atoms with van der Waals surface area (Å²) in [5.74, 6) is 0.624. The molecule has 0 saturated carbocycles. The molecule has 0 bridgehead atoms. The van der Waals surface area contributed by atoms with E-state index in [0.29, 0.717) is 12.3 Å². The molecule has 5 nitrogen and oxygen atoms in total. The van der Waals surface area contributed by atoms with Crippen LogP contribution < -0.4 is 5.73 Å². The molecule has 0 aliphatic carbocycles. The summed E-state index contributed by atoms with van der Waals surface area (Å²) in [6, 6.07) is 9.38. The second-order valence-electron chi connectivity index (χ2n) is 5.95. The van der Waals surface area contributed by atoms with Crippen molar-refractivity contribution in [3.05, 3.63) is 48.2 Å². The van der Waals surface area contributed by atoms with Crippen molar-refractivity contribution in [2.75, 3.05) is 14.1 Å². The molecular weight excluding hydrogens is 290 g/mol. The number of carbonyl (C=O) groups is 1. The number of ether oxygens (including phenoxy) is 1. The lowest BCUT2D eigenvalue weighted by Crippen LogP contribution is -2.17. The number of benzene rings is 1. The van der Waals surface area contributed by atoms with Gasteiger partial charge in [0.1, 0.15) is 5.84 Å². The van der Waals surface area contributed by atoms with Crippen LogP contribution in [0, 0.1) is 0 Å². The first kappa shape index (κ1) is 17.2. The average molecular weight is 315 g/mol. The lowest BCUT2D eigenvalue weighted by molar-refractivity contribution is 0.0437. The van der Waals surface area contributed by atoms with Crippen LogP contribution in [0.15, 0.2) is 47.6 Å². The van der Waals surface area contributed by atoms with Crippen LogP contribution in [0.4, 0.5) is 0 Å². The van der Waals surface area contributed by atoms with E-state index in [1.807, 2.05) is 55.5 Å². The molecule has 1 heterocycles. The highest BCUT2D eigenvalue weighted by molar-refractivity contribution is 5.96. The van der Waals surface area contributed by atoms with Gasteiger partial charge in [0.05, 0.1) is 6.10 Å². The van der Waals surface area contributed by atoms with E-state index in [1.165, 1.54) is 0 Å². The third-order valence-corrected chi connectivity index (χ3v) is 3.71. The van der Waals surface area contributed by atoms with Crippen LogP contribution in [0.2, 0.25) is 0 Å². The lowest BCUT2D eigenvalue weighted by atomic mass is 10.0. The van der Waals surface area contributed by atoms with Crippen molar-refractivity contribution in [2.45, 2.75) is 38.0 Å². The largest absolute Gasteiger partial charge is 0.384 e. The van der Waals surface area contributed by atoms with Crippen molar-refractivity contribution in [3.63, 3.8) is 0 Å². The van der Waals surface area contributed by atoms with Crippen LogP contribution in [0.5, 0.6) is 0 Å². The summed E-state index contributed by atoms with van der Waals surface area (Å²) in [7, 11) is 3.85. The zero-order valence-corrected chi connectivity index (χ0v) is 13.8. The third-order valence-electron chi connectivity index (χ3n) is 3.71. The molecule has 1 aliphatic heterocycles. The first-order valence-electron chi connectivity index (χ1n) is 7.96. The Balaban J connectivity index is 1.77. The zero-order chi connectivity index (χ0) is 16.7. The second kappa shape index (κ2) is 8.48. The van der Waals surface area contributed by atoms with Gasteiger partial charge in [-0.25, -0.2) is 4.99 Å². The molecule has 124 valence electrons. The van der Waals surface area contributed by atoms with Crippen LogP contribution in [0.1, 0.15) is 36.0 Å². The molecular formula is C18H25N3O2. The van der Waals surface area contributed by atoms with E-state index in [2.05, 4.69) is 4.99 Å². The number of hydrogen-bond donors (Lipinski definition) is 1. The van der Waals surface area contributed by atoms with Gasteiger partial charge in [-0.2, -0.15) is 0 Å². The number of carbonyl (C=O) groups excluding carboxylic acids is 1. The Labute approximate surface area is 137 Å². The predicted molar refractivity (Wildman–Crippen MR) is 92.4 cm³/mol. The van der Waals surface area contributed by atoms with Gasteiger partial charge < -0.3 is 15.4 Å². The molecule has 23 heavy (non-hydrogen) atoms. The molecule has 2 N–H and O–H groups in total.